The molecule has 0 spiro atoms. The largest absolute Gasteiger partial charge is 0.304 e. The van der Waals surface area contributed by atoms with Crippen LogP contribution in [0.5, 0.6) is 0 Å². The summed E-state index contributed by atoms with van der Waals surface area (Å²) in [5, 5.41) is 0. The molecule has 0 aromatic carbocycles. The van der Waals surface area contributed by atoms with Crippen molar-refractivity contribution in [1.82, 2.24) is 19.6 Å². The van der Waals surface area contributed by atoms with Gasteiger partial charge >= 0.3 is 0 Å². The Morgan fingerprint density at radius 1 is 0.682 bits per heavy atom. The molecule has 0 N–H and O–H groups in total. The Hall–Kier alpha value is -0.160. The lowest BCUT2D eigenvalue weighted by Gasteiger charge is -2.37. The van der Waals surface area contributed by atoms with E-state index in [1.54, 1.807) is 0 Å². The molecule has 2 aliphatic heterocycles. The number of likely N-dealkylation sites (N-methyl/N-ethyl adjacent to an activating group) is 2. The summed E-state index contributed by atoms with van der Waals surface area (Å²) in [5.74, 6) is 0. The minimum absolute atomic E-state index is 0.742. The van der Waals surface area contributed by atoms with Gasteiger partial charge in [-0.05, 0) is 40.8 Å². The van der Waals surface area contributed by atoms with Gasteiger partial charge in [0.05, 0.1) is 0 Å². The van der Waals surface area contributed by atoms with E-state index in [2.05, 4.69) is 47.5 Å². The predicted octanol–water partition coefficient (Wildman–Crippen LogP) is 2.06. The molecule has 3 rings (SSSR count). The molecule has 3 fully saturated rings. The van der Waals surface area contributed by atoms with E-state index in [1.807, 2.05) is 13.8 Å². The van der Waals surface area contributed by atoms with Gasteiger partial charge in [-0.2, -0.15) is 0 Å². The number of hydrogen-bond acceptors (Lipinski definition) is 4. The topological polar surface area (TPSA) is 13.0 Å². The highest BCUT2D eigenvalue weighted by atomic mass is 15.3. The van der Waals surface area contributed by atoms with Crippen LogP contribution in [-0.4, -0.2) is 98.1 Å². The molecule has 0 amide bonds. The Balaban J connectivity index is 0.000000211. The van der Waals surface area contributed by atoms with Crippen LogP contribution in [0.1, 0.15) is 40.5 Å². The Bertz CT molecular complexity index is 242. The van der Waals surface area contributed by atoms with Gasteiger partial charge in [0, 0.05) is 64.4 Å². The second-order valence-corrected chi connectivity index (χ2v) is 7.00. The molecule has 22 heavy (non-hydrogen) atoms. The third-order valence-electron chi connectivity index (χ3n) is 4.87. The monoisotopic (exact) mass is 312 g/mol. The molecule has 0 atom stereocenters. The van der Waals surface area contributed by atoms with Gasteiger partial charge in [0.1, 0.15) is 0 Å². The molecule has 4 heteroatoms. The third-order valence-corrected chi connectivity index (χ3v) is 4.87. The summed E-state index contributed by atoms with van der Waals surface area (Å²) in [6.07, 6.45) is 2.92. The summed E-state index contributed by atoms with van der Waals surface area (Å²) in [6.45, 7) is 18.7. The average Bonchev–Trinajstić information content (AvgIpc) is 3.38. The lowest BCUT2D eigenvalue weighted by atomic mass is 10.2. The molecule has 132 valence electrons. The van der Waals surface area contributed by atoms with Crippen LogP contribution in [-0.2, 0) is 0 Å². The van der Waals surface area contributed by atoms with E-state index in [4.69, 9.17) is 0 Å². The van der Waals surface area contributed by atoms with Gasteiger partial charge < -0.3 is 9.80 Å². The SMILES string of the molecule is CC.CC(C)N1CCN(C2CC2)CC1.CN1CCN(C)CC1. The number of piperazine rings is 2. The van der Waals surface area contributed by atoms with Gasteiger partial charge in [0.15, 0.2) is 0 Å². The first-order valence-corrected chi connectivity index (χ1v) is 9.41. The highest BCUT2D eigenvalue weighted by Crippen LogP contribution is 2.27. The fourth-order valence-electron chi connectivity index (χ4n) is 2.97. The summed E-state index contributed by atoms with van der Waals surface area (Å²) in [4.78, 5) is 9.97. The number of nitrogens with zero attached hydrogens (tertiary/aromatic N) is 4. The molecule has 0 aromatic heterocycles. The van der Waals surface area contributed by atoms with Crippen LogP contribution < -0.4 is 0 Å². The summed E-state index contributed by atoms with van der Waals surface area (Å²) in [7, 11) is 4.35. The van der Waals surface area contributed by atoms with Crippen molar-refractivity contribution in [2.45, 2.75) is 52.6 Å². The zero-order valence-corrected chi connectivity index (χ0v) is 16.0. The Morgan fingerprint density at radius 3 is 1.41 bits per heavy atom. The Kier molecular flexibility index (Phi) is 9.57. The van der Waals surface area contributed by atoms with Gasteiger partial charge in [0.2, 0.25) is 0 Å². The zero-order valence-electron chi connectivity index (χ0n) is 16.0. The van der Waals surface area contributed by atoms with Gasteiger partial charge in [-0.25, -0.2) is 0 Å². The fourth-order valence-corrected chi connectivity index (χ4v) is 2.97. The maximum atomic E-state index is 2.67. The fraction of sp³-hybridized carbons (Fsp3) is 1.00. The smallest absolute Gasteiger partial charge is 0.0113 e. The van der Waals surface area contributed by atoms with Gasteiger partial charge in [-0.15, -0.1) is 0 Å². The zero-order chi connectivity index (χ0) is 16.5. The standard InChI is InChI=1S/C10H20N2.C6H14N2.C2H6/c1-9(2)11-5-7-12(8-6-11)10-3-4-10;1-7-3-5-8(2)6-4-7;1-2/h9-10H,3-8H2,1-2H3;3-6H2,1-2H3;1-2H3. The van der Waals surface area contributed by atoms with E-state index in [9.17, 15) is 0 Å². The highest BCUT2D eigenvalue weighted by molar-refractivity contribution is 4.87. The second kappa shape index (κ2) is 10.6. The van der Waals surface area contributed by atoms with E-state index in [0.29, 0.717) is 0 Å². The first kappa shape index (κ1) is 19.9. The van der Waals surface area contributed by atoms with Crippen molar-refractivity contribution in [3.05, 3.63) is 0 Å². The lowest BCUT2D eigenvalue weighted by Crippen LogP contribution is -2.49. The normalized spacial score (nSPS) is 25.2. The van der Waals surface area contributed by atoms with Crippen LogP contribution in [0.25, 0.3) is 0 Å². The van der Waals surface area contributed by atoms with Crippen LogP contribution in [0, 0.1) is 0 Å². The van der Waals surface area contributed by atoms with Crippen molar-refractivity contribution in [2.24, 2.45) is 0 Å². The Morgan fingerprint density at radius 2 is 1.09 bits per heavy atom. The van der Waals surface area contributed by atoms with E-state index in [-0.39, 0.29) is 0 Å². The summed E-state index contributed by atoms with van der Waals surface area (Å²) >= 11 is 0. The molecule has 4 nitrogen and oxygen atoms in total. The van der Waals surface area contributed by atoms with Gasteiger partial charge in [-0.3, -0.25) is 9.80 Å². The lowest BCUT2D eigenvalue weighted by molar-refractivity contribution is 0.103. The molecule has 0 unspecified atom stereocenters. The quantitative estimate of drug-likeness (QED) is 0.774. The number of hydrogen-bond donors (Lipinski definition) is 0. The molecule has 0 bridgehead atoms. The van der Waals surface area contributed by atoms with Gasteiger partial charge in [-0.1, -0.05) is 13.8 Å². The van der Waals surface area contributed by atoms with Crippen LogP contribution in [0.2, 0.25) is 0 Å². The van der Waals surface area contributed by atoms with Crippen molar-refractivity contribution in [3.63, 3.8) is 0 Å². The van der Waals surface area contributed by atoms with Crippen molar-refractivity contribution in [1.29, 1.82) is 0 Å². The summed E-state index contributed by atoms with van der Waals surface area (Å²) in [6, 6.07) is 1.71. The van der Waals surface area contributed by atoms with E-state index in [1.165, 1.54) is 65.2 Å². The average molecular weight is 313 g/mol. The van der Waals surface area contributed by atoms with Crippen molar-refractivity contribution in [3.8, 4) is 0 Å². The molecule has 3 aliphatic rings. The molecular formula is C18H40N4. The highest BCUT2D eigenvalue weighted by Gasteiger charge is 2.31. The Labute approximate surface area is 139 Å². The van der Waals surface area contributed by atoms with Crippen LogP contribution in [0.4, 0.5) is 0 Å². The maximum absolute atomic E-state index is 2.67. The second-order valence-electron chi connectivity index (χ2n) is 7.00. The van der Waals surface area contributed by atoms with Crippen LogP contribution >= 0.6 is 0 Å². The number of rotatable bonds is 2. The molecule has 2 heterocycles. The van der Waals surface area contributed by atoms with Crippen LogP contribution in [0.3, 0.4) is 0 Å². The van der Waals surface area contributed by atoms with Gasteiger partial charge in [0.25, 0.3) is 0 Å². The summed E-state index contributed by atoms with van der Waals surface area (Å²) in [5.41, 5.74) is 0. The van der Waals surface area contributed by atoms with Crippen molar-refractivity contribution in [2.75, 3.05) is 66.5 Å². The predicted molar refractivity (Wildman–Crippen MR) is 97.6 cm³/mol. The summed E-state index contributed by atoms with van der Waals surface area (Å²) < 4.78 is 0. The molecule has 1 saturated carbocycles. The van der Waals surface area contributed by atoms with Crippen molar-refractivity contribution < 1.29 is 0 Å². The van der Waals surface area contributed by atoms with Crippen molar-refractivity contribution >= 4 is 0 Å². The van der Waals surface area contributed by atoms with E-state index < -0.39 is 0 Å². The molecular weight excluding hydrogens is 272 g/mol. The van der Waals surface area contributed by atoms with E-state index in [0.717, 1.165) is 12.1 Å². The first-order chi connectivity index (χ1) is 10.6. The molecule has 1 aliphatic carbocycles. The van der Waals surface area contributed by atoms with E-state index >= 15 is 0 Å². The minimum Gasteiger partial charge on any atom is -0.304 e. The molecule has 0 radical (unpaired) electrons. The molecule has 0 aromatic rings. The van der Waals surface area contributed by atoms with Crippen LogP contribution in [0.15, 0.2) is 0 Å². The maximum Gasteiger partial charge on any atom is 0.0113 e. The molecule has 2 saturated heterocycles. The minimum atomic E-state index is 0.742. The first-order valence-electron chi connectivity index (χ1n) is 9.41. The third kappa shape index (κ3) is 7.40.